The van der Waals surface area contributed by atoms with E-state index in [9.17, 15) is 20.5 Å². The molecule has 28 heavy (non-hydrogen) atoms. The van der Waals surface area contributed by atoms with Crippen LogP contribution < -0.4 is 18.9 Å². The zero-order valence-electron chi connectivity index (χ0n) is 17.1. The van der Waals surface area contributed by atoms with Gasteiger partial charge < -0.3 is 24.1 Å². The number of hydrogen-bond acceptors (Lipinski definition) is 8. The van der Waals surface area contributed by atoms with Crippen LogP contribution in [0.25, 0.3) is 0 Å². The van der Waals surface area contributed by atoms with Crippen molar-refractivity contribution in [3.05, 3.63) is 21.7 Å². The molecule has 0 bridgehead atoms. The van der Waals surface area contributed by atoms with Gasteiger partial charge in [0.15, 0.2) is 11.5 Å². The van der Waals surface area contributed by atoms with Crippen LogP contribution >= 0.6 is 0 Å². The van der Waals surface area contributed by atoms with Gasteiger partial charge in [-0.25, -0.2) is 0 Å². The lowest BCUT2D eigenvalue weighted by atomic mass is 9.74. The fraction of sp³-hybridized carbons (Fsp3) is 0.632. The summed E-state index contributed by atoms with van der Waals surface area (Å²) in [5.74, 6) is 1.30. The van der Waals surface area contributed by atoms with Gasteiger partial charge in [0.05, 0.1) is 39.9 Å². The predicted molar refractivity (Wildman–Crippen MR) is 102 cm³/mol. The molecule has 0 aliphatic carbocycles. The van der Waals surface area contributed by atoms with Gasteiger partial charge in [-0.3, -0.25) is 10.1 Å². The summed E-state index contributed by atoms with van der Waals surface area (Å²) in [4.78, 5) is 10.4. The van der Waals surface area contributed by atoms with Crippen molar-refractivity contribution in [1.82, 2.24) is 0 Å². The van der Waals surface area contributed by atoms with Crippen LogP contribution in [0.4, 0.5) is 0 Å². The summed E-state index contributed by atoms with van der Waals surface area (Å²) in [7, 11) is 5.84. The summed E-state index contributed by atoms with van der Waals surface area (Å²) in [6.07, 6.45) is -0.530. The molecule has 3 atom stereocenters. The van der Waals surface area contributed by atoms with Gasteiger partial charge in [-0.1, -0.05) is 6.92 Å². The molecule has 1 rings (SSSR count). The Balaban J connectivity index is 3.52. The molecule has 0 saturated carbocycles. The number of hydrogen-bond donors (Lipinski definition) is 1. The van der Waals surface area contributed by atoms with Gasteiger partial charge in [0, 0.05) is 17.4 Å². The monoisotopic (exact) mass is 396 g/mol. The Morgan fingerprint density at radius 1 is 1.18 bits per heavy atom. The molecular weight excluding hydrogens is 368 g/mol. The van der Waals surface area contributed by atoms with Gasteiger partial charge in [0.25, 0.3) is 0 Å². The number of aliphatic hydroxyl groups is 1. The first kappa shape index (κ1) is 23.3. The number of nitro groups is 1. The highest BCUT2D eigenvalue weighted by atomic mass is 16.6. The summed E-state index contributed by atoms with van der Waals surface area (Å²) >= 11 is 0. The lowest BCUT2D eigenvalue weighted by molar-refractivity contribution is -0.530. The van der Waals surface area contributed by atoms with E-state index in [0.29, 0.717) is 29.2 Å². The molecule has 1 N–H and O–H groups in total. The highest BCUT2D eigenvalue weighted by molar-refractivity contribution is 5.65. The second-order valence-corrected chi connectivity index (χ2v) is 6.41. The zero-order chi connectivity index (χ0) is 21.5. The van der Waals surface area contributed by atoms with Crippen LogP contribution in [0, 0.1) is 21.4 Å². The Morgan fingerprint density at radius 3 is 2.14 bits per heavy atom. The van der Waals surface area contributed by atoms with E-state index in [-0.39, 0.29) is 18.6 Å². The number of methoxy groups -OCH3 is 4. The Kier molecular flexibility index (Phi) is 8.32. The summed E-state index contributed by atoms with van der Waals surface area (Å²) in [6, 6.07) is 2.83. The van der Waals surface area contributed by atoms with E-state index >= 15 is 0 Å². The smallest absolute Gasteiger partial charge is 0.235 e. The molecule has 0 aliphatic rings. The third-order valence-corrected chi connectivity index (χ3v) is 5.08. The third kappa shape index (κ3) is 4.39. The minimum atomic E-state index is -1.18. The quantitative estimate of drug-likeness (QED) is 0.447. The lowest BCUT2D eigenvalue weighted by Gasteiger charge is -2.30. The fourth-order valence-electron chi connectivity index (χ4n) is 3.16. The number of aliphatic hydroxyl groups excluding tert-OH is 1. The van der Waals surface area contributed by atoms with E-state index in [4.69, 9.17) is 18.9 Å². The Bertz CT molecular complexity index is 732. The first-order valence-corrected chi connectivity index (χ1v) is 8.87. The van der Waals surface area contributed by atoms with E-state index in [1.807, 2.05) is 6.92 Å². The van der Waals surface area contributed by atoms with Gasteiger partial charge in [-0.2, -0.15) is 5.26 Å². The molecule has 0 aromatic heterocycles. The number of nitrogens with zero attached hydrogens (tertiary/aromatic N) is 2. The maximum absolute atomic E-state index is 10.9. The topological polar surface area (TPSA) is 124 Å². The van der Waals surface area contributed by atoms with E-state index in [1.165, 1.54) is 35.4 Å². The molecule has 1 aromatic rings. The van der Waals surface area contributed by atoms with E-state index < -0.39 is 22.5 Å². The molecule has 0 amide bonds. The first-order chi connectivity index (χ1) is 13.3. The minimum Gasteiger partial charge on any atom is -0.493 e. The van der Waals surface area contributed by atoms with Crippen LogP contribution in [0.1, 0.15) is 38.7 Å². The lowest BCUT2D eigenvalue weighted by Crippen LogP contribution is -2.33. The molecule has 1 aromatic carbocycles. The van der Waals surface area contributed by atoms with Gasteiger partial charge in [0.1, 0.15) is 6.10 Å². The Labute approximate surface area is 164 Å². The normalized spacial score (nSPS) is 14.9. The van der Waals surface area contributed by atoms with Crippen molar-refractivity contribution in [1.29, 1.82) is 5.26 Å². The van der Waals surface area contributed by atoms with Crippen molar-refractivity contribution < 1.29 is 29.0 Å². The van der Waals surface area contributed by atoms with Gasteiger partial charge in [-0.15, -0.1) is 0 Å². The third-order valence-electron chi connectivity index (χ3n) is 5.08. The van der Waals surface area contributed by atoms with Crippen LogP contribution in [0.2, 0.25) is 0 Å². The SMILES string of the molecule is CCC(C#N)(CCC(O)C(C)[N+](=O)[O-])c1cc(OC)c(OC)c(OC)c1OC. The molecule has 9 nitrogen and oxygen atoms in total. The van der Waals surface area contributed by atoms with Crippen molar-refractivity contribution >= 4 is 0 Å². The van der Waals surface area contributed by atoms with E-state index in [0.717, 1.165) is 0 Å². The van der Waals surface area contributed by atoms with Crippen LogP contribution in [0.3, 0.4) is 0 Å². The first-order valence-electron chi connectivity index (χ1n) is 8.87. The van der Waals surface area contributed by atoms with Crippen molar-refractivity contribution in [3.8, 4) is 29.1 Å². The van der Waals surface area contributed by atoms with Crippen molar-refractivity contribution in [2.45, 2.75) is 50.7 Å². The van der Waals surface area contributed by atoms with Crippen molar-refractivity contribution in [2.75, 3.05) is 28.4 Å². The molecule has 0 radical (unpaired) electrons. The predicted octanol–water partition coefficient (Wildman–Crippen LogP) is 2.70. The number of benzene rings is 1. The molecule has 0 fully saturated rings. The minimum absolute atomic E-state index is 0.0728. The molecule has 0 spiro atoms. The standard InChI is InChI=1S/C19H28N2O7/c1-7-19(11-20,9-8-14(22)12(2)21(23)24)13-10-15(25-3)17(27-5)18(28-6)16(13)26-4/h10,12,14,22H,7-9H2,1-6H3. The van der Waals surface area contributed by atoms with Gasteiger partial charge in [-0.05, 0) is 25.3 Å². The number of nitriles is 1. The maximum atomic E-state index is 10.9. The average molecular weight is 396 g/mol. The summed E-state index contributed by atoms with van der Waals surface area (Å²) in [5, 5.41) is 31.1. The second kappa shape index (κ2) is 9.99. The Hall–Kier alpha value is -2.73. The molecule has 0 heterocycles. The second-order valence-electron chi connectivity index (χ2n) is 6.41. The average Bonchev–Trinajstić information content (AvgIpc) is 2.72. The van der Waals surface area contributed by atoms with Gasteiger partial charge >= 0.3 is 0 Å². The Morgan fingerprint density at radius 2 is 1.75 bits per heavy atom. The summed E-state index contributed by atoms with van der Waals surface area (Å²) in [5.41, 5.74) is -0.564. The molecule has 9 heteroatoms. The van der Waals surface area contributed by atoms with Crippen LogP contribution in [0.15, 0.2) is 6.07 Å². The molecule has 0 aliphatic heterocycles. The molecule has 0 saturated heterocycles. The molecule has 3 unspecified atom stereocenters. The summed E-state index contributed by atoms with van der Waals surface area (Å²) in [6.45, 7) is 3.17. The highest BCUT2D eigenvalue weighted by Gasteiger charge is 2.38. The maximum Gasteiger partial charge on any atom is 0.235 e. The molecular formula is C19H28N2O7. The van der Waals surface area contributed by atoms with Crippen LogP contribution in [0.5, 0.6) is 23.0 Å². The largest absolute Gasteiger partial charge is 0.493 e. The molecule has 156 valence electrons. The summed E-state index contributed by atoms with van der Waals surface area (Å²) < 4.78 is 21.7. The fourth-order valence-corrected chi connectivity index (χ4v) is 3.16. The van der Waals surface area contributed by atoms with Crippen LogP contribution in [-0.4, -0.2) is 50.6 Å². The highest BCUT2D eigenvalue weighted by Crippen LogP contribution is 2.51. The van der Waals surface area contributed by atoms with E-state index in [2.05, 4.69) is 6.07 Å². The van der Waals surface area contributed by atoms with Crippen molar-refractivity contribution in [3.63, 3.8) is 0 Å². The number of ether oxygens (including phenoxy) is 4. The number of rotatable bonds is 11. The van der Waals surface area contributed by atoms with E-state index in [1.54, 1.807) is 6.07 Å². The van der Waals surface area contributed by atoms with Gasteiger partial charge in [0.2, 0.25) is 17.5 Å². The van der Waals surface area contributed by atoms with Crippen molar-refractivity contribution in [2.24, 2.45) is 0 Å². The zero-order valence-corrected chi connectivity index (χ0v) is 17.1. The van der Waals surface area contributed by atoms with Crippen LogP contribution in [-0.2, 0) is 5.41 Å².